The molecule has 0 saturated heterocycles. The lowest BCUT2D eigenvalue weighted by Gasteiger charge is -2.26. The molecule has 0 saturated carbocycles. The third kappa shape index (κ3) is 9.01. The van der Waals surface area contributed by atoms with Crippen LogP contribution in [-0.2, 0) is 0 Å². The smallest absolute Gasteiger partial charge is 0.143 e. The average molecular weight is 779 g/mol. The van der Waals surface area contributed by atoms with Crippen LogP contribution in [-0.4, -0.2) is 0 Å². The van der Waals surface area contributed by atoms with E-state index < -0.39 is 0 Å². The highest BCUT2D eigenvalue weighted by Crippen LogP contribution is 2.43. The first-order valence-corrected chi connectivity index (χ1v) is 22.3. The fourth-order valence-electron chi connectivity index (χ4n) is 8.21. The molecule has 1 heteroatoms. The van der Waals surface area contributed by atoms with Crippen LogP contribution in [0.25, 0.3) is 87.6 Å². The van der Waals surface area contributed by atoms with Crippen LogP contribution in [0.15, 0.2) is 156 Å². The fraction of sp³-hybridized carbons (Fsp3) is 0.276. The van der Waals surface area contributed by atoms with Gasteiger partial charge >= 0.3 is 0 Å². The molecule has 0 aliphatic rings. The van der Waals surface area contributed by atoms with Crippen LogP contribution in [0.5, 0.6) is 0 Å². The molecular weight excluding hydrogens is 713 g/mol. The summed E-state index contributed by atoms with van der Waals surface area (Å²) < 4.78 is 6.32. The molecule has 0 spiro atoms. The lowest BCUT2D eigenvalue weighted by Crippen LogP contribution is -2.12. The molecule has 8 aromatic carbocycles. The summed E-state index contributed by atoms with van der Waals surface area (Å²) in [7, 11) is 0. The van der Waals surface area contributed by atoms with E-state index in [9.17, 15) is 0 Å². The lowest BCUT2D eigenvalue weighted by molar-refractivity contribution is 0.416. The molecule has 0 radical (unpaired) electrons. The van der Waals surface area contributed by atoms with Crippen LogP contribution in [0, 0.1) is 12.3 Å². The van der Waals surface area contributed by atoms with Crippen LogP contribution >= 0.6 is 0 Å². The Hall–Kier alpha value is -5.66. The Balaban J connectivity index is 0.000000336. The van der Waals surface area contributed by atoms with Gasteiger partial charge in [0.05, 0.1) is 0 Å². The van der Waals surface area contributed by atoms with Gasteiger partial charge in [0.1, 0.15) is 11.2 Å². The standard InChI is InChI=1S/C41H26O.C11H22.3C2H6/c1-25-9-11-26(12-10-25)31-21-17-29-20-24-36-32(22-18-30-19-23-35(31)39(29)40(30)36)27-13-15-28(16-14-27)33-6-4-7-37-34-5-2-3-8-38(34)42-41(33)37;1-6-9-10(7-2)11(4,5)8-3;3*1-2/h2-24H,1H3;9H,6-8H2,1-5H3;3*1-2H3/b;10-9+;;;. The SMILES string of the molecule is CC.CC.CC.CC/C=C(\CC)C(C)(C)CC.Cc1ccc(-c2ccc3ccc4c(-c5ccc(-c6cccc7c6oc6ccccc67)cc5)ccc5ccc2c3c54)cc1. The fourth-order valence-corrected chi connectivity index (χ4v) is 8.21. The third-order valence-electron chi connectivity index (χ3n) is 11.5. The van der Waals surface area contributed by atoms with Crippen LogP contribution in [0.1, 0.15) is 101 Å². The first-order chi connectivity index (χ1) is 28.8. The maximum Gasteiger partial charge on any atom is 0.143 e. The van der Waals surface area contributed by atoms with Crippen LogP contribution in [0.2, 0.25) is 0 Å². The van der Waals surface area contributed by atoms with Crippen molar-refractivity contribution in [3.8, 4) is 33.4 Å². The van der Waals surface area contributed by atoms with E-state index in [0.717, 1.165) is 33.1 Å². The van der Waals surface area contributed by atoms with Gasteiger partial charge in [0.2, 0.25) is 0 Å². The molecule has 0 aliphatic heterocycles. The highest BCUT2D eigenvalue weighted by molar-refractivity contribution is 6.27. The Morgan fingerprint density at radius 3 is 1.47 bits per heavy atom. The van der Waals surface area contributed by atoms with E-state index in [-0.39, 0.29) is 0 Å². The summed E-state index contributed by atoms with van der Waals surface area (Å²) in [5.74, 6) is 0. The molecule has 304 valence electrons. The predicted octanol–water partition coefficient (Wildman–Crippen LogP) is 19.0. The van der Waals surface area contributed by atoms with Crippen molar-refractivity contribution in [2.45, 2.75) is 102 Å². The van der Waals surface area contributed by atoms with Crippen LogP contribution < -0.4 is 0 Å². The van der Waals surface area contributed by atoms with E-state index in [4.69, 9.17) is 4.42 Å². The Morgan fingerprint density at radius 2 is 0.966 bits per heavy atom. The van der Waals surface area contributed by atoms with E-state index in [1.165, 1.54) is 79.4 Å². The van der Waals surface area contributed by atoms with Crippen molar-refractivity contribution in [2.75, 3.05) is 0 Å². The monoisotopic (exact) mass is 779 g/mol. The van der Waals surface area contributed by atoms with Crippen molar-refractivity contribution >= 4 is 54.3 Å². The molecule has 1 aromatic heterocycles. The molecule has 1 heterocycles. The van der Waals surface area contributed by atoms with Crippen molar-refractivity contribution in [1.82, 2.24) is 0 Å². The Kier molecular flexibility index (Phi) is 15.3. The maximum absolute atomic E-state index is 6.32. The van der Waals surface area contributed by atoms with Gasteiger partial charge in [-0.25, -0.2) is 0 Å². The van der Waals surface area contributed by atoms with E-state index in [1.807, 2.05) is 53.7 Å². The first kappa shape index (κ1) is 44.4. The number of aryl methyl sites for hydroxylation is 1. The molecule has 0 atom stereocenters. The van der Waals surface area contributed by atoms with Crippen LogP contribution in [0.3, 0.4) is 0 Å². The van der Waals surface area contributed by atoms with Crippen molar-refractivity contribution < 1.29 is 4.42 Å². The molecule has 0 aliphatic carbocycles. The largest absolute Gasteiger partial charge is 0.455 e. The second-order valence-electron chi connectivity index (χ2n) is 15.1. The number of benzene rings is 8. The summed E-state index contributed by atoms with van der Waals surface area (Å²) in [6, 6.07) is 50.8. The second-order valence-corrected chi connectivity index (χ2v) is 15.1. The van der Waals surface area contributed by atoms with Crippen molar-refractivity contribution in [1.29, 1.82) is 0 Å². The van der Waals surface area contributed by atoms with E-state index in [2.05, 4.69) is 175 Å². The summed E-state index contributed by atoms with van der Waals surface area (Å²) in [5, 5.41) is 10.2. The number of fused-ring (bicyclic) bond motifs is 3. The normalized spacial score (nSPS) is 11.4. The zero-order chi connectivity index (χ0) is 42.7. The summed E-state index contributed by atoms with van der Waals surface area (Å²) in [5.41, 5.74) is 12.5. The van der Waals surface area contributed by atoms with Gasteiger partial charge in [0.25, 0.3) is 0 Å². The zero-order valence-electron chi connectivity index (χ0n) is 37.9. The molecule has 59 heavy (non-hydrogen) atoms. The highest BCUT2D eigenvalue weighted by Gasteiger charge is 2.19. The molecule has 1 nitrogen and oxygen atoms in total. The third-order valence-corrected chi connectivity index (χ3v) is 11.5. The number of hydrogen-bond donors (Lipinski definition) is 0. The Bertz CT molecular complexity index is 2740. The van der Waals surface area contributed by atoms with E-state index >= 15 is 0 Å². The Morgan fingerprint density at radius 1 is 0.492 bits per heavy atom. The van der Waals surface area contributed by atoms with E-state index in [1.54, 1.807) is 5.57 Å². The van der Waals surface area contributed by atoms with Gasteiger partial charge in [0.15, 0.2) is 0 Å². The van der Waals surface area contributed by atoms with E-state index in [0.29, 0.717) is 5.41 Å². The molecule has 0 fully saturated rings. The minimum atomic E-state index is 0.421. The minimum Gasteiger partial charge on any atom is -0.455 e. The lowest BCUT2D eigenvalue weighted by atomic mass is 9.80. The number of hydrogen-bond acceptors (Lipinski definition) is 1. The van der Waals surface area contributed by atoms with Gasteiger partial charge in [-0.15, -0.1) is 0 Å². The highest BCUT2D eigenvalue weighted by atomic mass is 16.3. The molecule has 0 amide bonds. The van der Waals surface area contributed by atoms with Gasteiger partial charge in [-0.2, -0.15) is 0 Å². The quantitative estimate of drug-likeness (QED) is 0.116. The molecule has 0 unspecified atom stereocenters. The number of allylic oxidation sites excluding steroid dienone is 2. The number of rotatable bonds is 7. The maximum atomic E-state index is 6.32. The molecule has 9 aromatic rings. The first-order valence-electron chi connectivity index (χ1n) is 22.3. The number of para-hydroxylation sites is 2. The summed E-state index contributed by atoms with van der Waals surface area (Å²) in [4.78, 5) is 0. The van der Waals surface area contributed by atoms with Gasteiger partial charge in [0, 0.05) is 16.3 Å². The number of furan rings is 1. The Labute approximate surface area is 355 Å². The summed E-state index contributed by atoms with van der Waals surface area (Å²) in [6.45, 7) is 25.5. The minimum absolute atomic E-state index is 0.421. The zero-order valence-corrected chi connectivity index (χ0v) is 37.9. The summed E-state index contributed by atoms with van der Waals surface area (Å²) in [6.07, 6.45) is 6.00. The summed E-state index contributed by atoms with van der Waals surface area (Å²) >= 11 is 0. The molecular formula is C58H66O. The van der Waals surface area contributed by atoms with Crippen molar-refractivity contribution in [2.24, 2.45) is 5.41 Å². The predicted molar refractivity (Wildman–Crippen MR) is 265 cm³/mol. The molecule has 0 N–H and O–H groups in total. The van der Waals surface area contributed by atoms with Gasteiger partial charge in [-0.1, -0.05) is 227 Å². The second kappa shape index (κ2) is 20.3. The average Bonchev–Trinajstić information content (AvgIpc) is 3.69. The molecule has 9 rings (SSSR count). The van der Waals surface area contributed by atoms with Crippen molar-refractivity contribution in [3.63, 3.8) is 0 Å². The topological polar surface area (TPSA) is 13.1 Å². The van der Waals surface area contributed by atoms with Gasteiger partial charge in [-0.05, 0) is 97.8 Å². The van der Waals surface area contributed by atoms with Gasteiger partial charge < -0.3 is 4.42 Å². The van der Waals surface area contributed by atoms with Gasteiger partial charge in [-0.3, -0.25) is 0 Å². The van der Waals surface area contributed by atoms with Crippen LogP contribution in [0.4, 0.5) is 0 Å². The van der Waals surface area contributed by atoms with Crippen molar-refractivity contribution in [3.05, 3.63) is 157 Å². The molecule has 0 bridgehead atoms.